The fourth-order valence-electron chi connectivity index (χ4n) is 1.29. The number of nitrogens with one attached hydrogen (secondary N) is 1. The van der Waals surface area contributed by atoms with E-state index >= 15 is 0 Å². The molecule has 0 amide bonds. The second-order valence-electron chi connectivity index (χ2n) is 3.25. The van der Waals surface area contributed by atoms with Crippen molar-refractivity contribution in [2.24, 2.45) is 0 Å². The van der Waals surface area contributed by atoms with Gasteiger partial charge in [0, 0.05) is 12.1 Å². The number of aromatic nitrogens is 2. The molecule has 0 atom stereocenters. The lowest BCUT2D eigenvalue weighted by atomic mass is 10.3. The number of nitrogens with zero attached hydrogens (tertiary/aromatic N) is 2. The molecule has 0 aliphatic carbocycles. The van der Waals surface area contributed by atoms with Crippen LogP contribution in [0.25, 0.3) is 0 Å². The summed E-state index contributed by atoms with van der Waals surface area (Å²) >= 11 is 0. The first kappa shape index (κ1) is 10.1. The van der Waals surface area contributed by atoms with Crippen molar-refractivity contribution < 1.29 is 4.74 Å². The first-order valence-electron chi connectivity index (χ1n) is 4.45. The zero-order valence-electron chi connectivity index (χ0n) is 8.66. The zero-order chi connectivity index (χ0) is 9.84. The van der Waals surface area contributed by atoms with Crippen molar-refractivity contribution in [3.63, 3.8) is 0 Å². The van der Waals surface area contributed by atoms with E-state index in [1.807, 2.05) is 17.9 Å². The molecule has 0 unspecified atom stereocenters. The van der Waals surface area contributed by atoms with Gasteiger partial charge in [0.15, 0.2) is 0 Å². The zero-order valence-corrected chi connectivity index (χ0v) is 8.66. The second-order valence-corrected chi connectivity index (χ2v) is 3.25. The molecule has 1 heterocycles. The molecule has 1 N–H and O–H groups in total. The molecule has 0 saturated carbocycles. The molecule has 1 rings (SSSR count). The van der Waals surface area contributed by atoms with E-state index in [0.29, 0.717) is 6.04 Å². The molecule has 0 radical (unpaired) electrons. The molecule has 4 heteroatoms. The minimum atomic E-state index is 0.334. The number of ether oxygens (including phenoxy) is 1. The molecule has 0 fully saturated rings. The minimum Gasteiger partial charge on any atom is -0.481 e. The maximum Gasteiger partial charge on any atom is 0.216 e. The highest BCUT2D eigenvalue weighted by Crippen LogP contribution is 2.21. The summed E-state index contributed by atoms with van der Waals surface area (Å²) in [6, 6.07) is 0.334. The Labute approximate surface area is 78.9 Å². The fraction of sp³-hybridized carbons (Fsp3) is 0.667. The number of rotatable bonds is 4. The summed E-state index contributed by atoms with van der Waals surface area (Å²) in [5.74, 6) is 0.851. The predicted molar refractivity (Wildman–Crippen MR) is 51.9 cm³/mol. The van der Waals surface area contributed by atoms with E-state index in [9.17, 15) is 0 Å². The molecule has 0 saturated heterocycles. The SMILES string of the molecule is CNCc1cnn(C(C)C)c1OC. The summed E-state index contributed by atoms with van der Waals surface area (Å²) in [5.41, 5.74) is 1.10. The average molecular weight is 183 g/mol. The van der Waals surface area contributed by atoms with Crippen LogP contribution in [0.5, 0.6) is 5.88 Å². The first-order chi connectivity index (χ1) is 6.20. The standard InChI is InChI=1S/C9H17N3O/c1-7(2)12-9(13-4)8(5-10-3)6-11-12/h6-7,10H,5H2,1-4H3. The fourth-order valence-corrected chi connectivity index (χ4v) is 1.29. The summed E-state index contributed by atoms with van der Waals surface area (Å²) in [5, 5.41) is 7.33. The van der Waals surface area contributed by atoms with Gasteiger partial charge in [-0.25, -0.2) is 4.68 Å². The Balaban J connectivity index is 2.96. The van der Waals surface area contributed by atoms with Crippen LogP contribution < -0.4 is 10.1 Å². The molecule has 13 heavy (non-hydrogen) atoms. The van der Waals surface area contributed by atoms with Crippen LogP contribution in [0, 0.1) is 0 Å². The van der Waals surface area contributed by atoms with E-state index in [1.54, 1.807) is 7.11 Å². The molecule has 0 spiro atoms. The molecule has 0 aromatic carbocycles. The molecule has 4 nitrogen and oxygen atoms in total. The lowest BCUT2D eigenvalue weighted by molar-refractivity contribution is 0.341. The third kappa shape index (κ3) is 2.01. The van der Waals surface area contributed by atoms with Crippen LogP contribution in [0.15, 0.2) is 6.20 Å². The van der Waals surface area contributed by atoms with E-state index in [2.05, 4.69) is 24.3 Å². The van der Waals surface area contributed by atoms with Crippen molar-refractivity contribution in [1.29, 1.82) is 0 Å². The van der Waals surface area contributed by atoms with E-state index in [1.165, 1.54) is 0 Å². The van der Waals surface area contributed by atoms with Crippen LogP contribution in [0.4, 0.5) is 0 Å². The highest BCUT2D eigenvalue weighted by molar-refractivity contribution is 5.24. The summed E-state index contributed by atoms with van der Waals surface area (Å²) in [6.07, 6.45) is 1.84. The summed E-state index contributed by atoms with van der Waals surface area (Å²) in [6.45, 7) is 4.95. The summed E-state index contributed by atoms with van der Waals surface area (Å²) in [7, 11) is 3.58. The molecule has 1 aromatic heterocycles. The lowest BCUT2D eigenvalue weighted by Crippen LogP contribution is -2.08. The van der Waals surface area contributed by atoms with Gasteiger partial charge in [-0.05, 0) is 20.9 Å². The third-order valence-corrected chi connectivity index (χ3v) is 1.87. The normalized spacial score (nSPS) is 10.8. The van der Waals surface area contributed by atoms with Gasteiger partial charge in [0.1, 0.15) is 0 Å². The molecule has 0 aliphatic rings. The monoisotopic (exact) mass is 183 g/mol. The van der Waals surface area contributed by atoms with Crippen LogP contribution >= 0.6 is 0 Å². The first-order valence-corrected chi connectivity index (χ1v) is 4.45. The van der Waals surface area contributed by atoms with Crippen molar-refractivity contribution in [1.82, 2.24) is 15.1 Å². The number of hydrogen-bond donors (Lipinski definition) is 1. The maximum atomic E-state index is 5.29. The number of hydrogen-bond acceptors (Lipinski definition) is 3. The summed E-state index contributed by atoms with van der Waals surface area (Å²) < 4.78 is 7.17. The molecule has 0 aliphatic heterocycles. The van der Waals surface area contributed by atoms with Gasteiger partial charge in [-0.1, -0.05) is 0 Å². The Bertz CT molecular complexity index is 268. The minimum absolute atomic E-state index is 0.334. The average Bonchev–Trinajstić information content (AvgIpc) is 2.48. The largest absolute Gasteiger partial charge is 0.481 e. The van der Waals surface area contributed by atoms with Gasteiger partial charge in [-0.15, -0.1) is 0 Å². The topological polar surface area (TPSA) is 39.1 Å². The smallest absolute Gasteiger partial charge is 0.216 e. The van der Waals surface area contributed by atoms with Gasteiger partial charge in [0.05, 0.1) is 19.3 Å². The van der Waals surface area contributed by atoms with Gasteiger partial charge >= 0.3 is 0 Å². The molecule has 74 valence electrons. The Morgan fingerprint density at radius 2 is 2.31 bits per heavy atom. The molecular weight excluding hydrogens is 166 g/mol. The Morgan fingerprint density at radius 1 is 1.62 bits per heavy atom. The van der Waals surface area contributed by atoms with Gasteiger partial charge < -0.3 is 10.1 Å². The Morgan fingerprint density at radius 3 is 2.77 bits per heavy atom. The van der Waals surface area contributed by atoms with Crippen LogP contribution in [0.1, 0.15) is 25.5 Å². The van der Waals surface area contributed by atoms with Crippen LogP contribution in [0.3, 0.4) is 0 Å². The third-order valence-electron chi connectivity index (χ3n) is 1.87. The van der Waals surface area contributed by atoms with E-state index in [0.717, 1.165) is 18.0 Å². The molecule has 0 bridgehead atoms. The molecule has 1 aromatic rings. The van der Waals surface area contributed by atoms with Crippen LogP contribution in [-0.4, -0.2) is 23.9 Å². The van der Waals surface area contributed by atoms with Crippen molar-refractivity contribution in [3.05, 3.63) is 11.8 Å². The van der Waals surface area contributed by atoms with Gasteiger partial charge in [0.2, 0.25) is 5.88 Å². The van der Waals surface area contributed by atoms with Crippen molar-refractivity contribution in [3.8, 4) is 5.88 Å². The van der Waals surface area contributed by atoms with Crippen molar-refractivity contribution in [2.75, 3.05) is 14.2 Å². The van der Waals surface area contributed by atoms with Crippen molar-refractivity contribution >= 4 is 0 Å². The lowest BCUT2D eigenvalue weighted by Gasteiger charge is -2.10. The van der Waals surface area contributed by atoms with Crippen LogP contribution in [-0.2, 0) is 6.54 Å². The van der Waals surface area contributed by atoms with Crippen LogP contribution in [0.2, 0.25) is 0 Å². The summed E-state index contributed by atoms with van der Waals surface area (Å²) in [4.78, 5) is 0. The van der Waals surface area contributed by atoms with Gasteiger partial charge in [-0.3, -0.25) is 0 Å². The van der Waals surface area contributed by atoms with E-state index in [-0.39, 0.29) is 0 Å². The van der Waals surface area contributed by atoms with E-state index in [4.69, 9.17) is 4.74 Å². The Hall–Kier alpha value is -1.03. The molecular formula is C9H17N3O. The predicted octanol–water partition coefficient (Wildman–Crippen LogP) is 1.19. The quantitative estimate of drug-likeness (QED) is 0.762. The maximum absolute atomic E-state index is 5.29. The van der Waals surface area contributed by atoms with E-state index < -0.39 is 0 Å². The Kier molecular flexibility index (Phi) is 3.31. The number of methoxy groups -OCH3 is 1. The van der Waals surface area contributed by atoms with Gasteiger partial charge in [0.25, 0.3) is 0 Å². The highest BCUT2D eigenvalue weighted by atomic mass is 16.5. The van der Waals surface area contributed by atoms with Crippen molar-refractivity contribution in [2.45, 2.75) is 26.4 Å². The van der Waals surface area contributed by atoms with Gasteiger partial charge in [-0.2, -0.15) is 5.10 Å². The second kappa shape index (κ2) is 4.28. The highest BCUT2D eigenvalue weighted by Gasteiger charge is 2.12.